The number of hydrogen-bond acceptors (Lipinski definition) is 4. The molecule has 142 valence electrons. The normalized spacial score (nSPS) is 23.6. The third kappa shape index (κ3) is 5.33. The summed E-state index contributed by atoms with van der Waals surface area (Å²) >= 11 is 0. The van der Waals surface area contributed by atoms with Gasteiger partial charge in [0.1, 0.15) is 0 Å². The van der Waals surface area contributed by atoms with Gasteiger partial charge < -0.3 is 9.47 Å². The molecule has 1 atom stereocenters. The van der Waals surface area contributed by atoms with E-state index in [2.05, 4.69) is 0 Å². The predicted molar refractivity (Wildman–Crippen MR) is 100 cm³/mol. The molecule has 1 heterocycles. The van der Waals surface area contributed by atoms with Crippen molar-refractivity contribution in [1.82, 2.24) is 0 Å². The van der Waals surface area contributed by atoms with Gasteiger partial charge >= 0.3 is 11.9 Å². The number of hydrogen-bond donors (Lipinski definition) is 0. The maximum absolute atomic E-state index is 12.5. The highest BCUT2D eigenvalue weighted by molar-refractivity contribution is 6.03. The van der Waals surface area contributed by atoms with Crippen molar-refractivity contribution in [2.75, 3.05) is 13.2 Å². The molecule has 1 saturated carbocycles. The van der Waals surface area contributed by atoms with Crippen LogP contribution in [0.15, 0.2) is 24.3 Å². The number of rotatable bonds is 2. The Hall–Kier alpha value is -1.84. The molecule has 4 heteroatoms. The Morgan fingerprint density at radius 1 is 0.731 bits per heavy atom. The Balaban J connectivity index is 1.65. The average Bonchev–Trinajstić information content (AvgIpc) is 2.65. The van der Waals surface area contributed by atoms with Crippen LogP contribution in [-0.4, -0.2) is 25.2 Å². The lowest BCUT2D eigenvalue weighted by Gasteiger charge is -2.25. The van der Waals surface area contributed by atoms with E-state index in [0.717, 1.165) is 25.2 Å². The first-order valence-electron chi connectivity index (χ1n) is 10.2. The molecule has 0 radical (unpaired) electrons. The molecule has 0 spiro atoms. The highest BCUT2D eigenvalue weighted by Crippen LogP contribution is 2.30. The highest BCUT2D eigenvalue weighted by Gasteiger charge is 2.23. The van der Waals surface area contributed by atoms with Crippen molar-refractivity contribution >= 4 is 11.9 Å². The van der Waals surface area contributed by atoms with Crippen molar-refractivity contribution in [1.29, 1.82) is 0 Å². The van der Waals surface area contributed by atoms with E-state index in [4.69, 9.17) is 9.47 Å². The maximum atomic E-state index is 12.5. The van der Waals surface area contributed by atoms with Gasteiger partial charge in [-0.2, -0.15) is 0 Å². The lowest BCUT2D eigenvalue weighted by Crippen LogP contribution is -2.19. The Morgan fingerprint density at radius 3 is 2.00 bits per heavy atom. The molecule has 0 saturated heterocycles. The van der Waals surface area contributed by atoms with E-state index >= 15 is 0 Å². The Labute approximate surface area is 156 Å². The highest BCUT2D eigenvalue weighted by atomic mass is 16.5. The molecular formula is C22H30O4. The molecule has 1 unspecified atom stereocenters. The van der Waals surface area contributed by atoms with E-state index in [9.17, 15) is 9.59 Å². The number of carbonyl (C=O) groups is 2. The molecule has 0 N–H and O–H groups in total. The molecular weight excluding hydrogens is 328 g/mol. The van der Waals surface area contributed by atoms with Gasteiger partial charge in [0.25, 0.3) is 0 Å². The molecule has 0 amide bonds. The number of ether oxygens (including phenoxy) is 2. The van der Waals surface area contributed by atoms with Gasteiger partial charge in [0.2, 0.25) is 0 Å². The largest absolute Gasteiger partial charge is 0.462 e. The minimum atomic E-state index is -0.434. The van der Waals surface area contributed by atoms with Crippen molar-refractivity contribution < 1.29 is 19.1 Å². The van der Waals surface area contributed by atoms with Gasteiger partial charge in [-0.1, -0.05) is 57.1 Å². The molecule has 3 rings (SSSR count). The Morgan fingerprint density at radius 2 is 1.31 bits per heavy atom. The first-order chi connectivity index (χ1) is 12.7. The van der Waals surface area contributed by atoms with Crippen molar-refractivity contribution in [3.63, 3.8) is 0 Å². The summed E-state index contributed by atoms with van der Waals surface area (Å²) in [6.45, 7) is 0.848. The van der Waals surface area contributed by atoms with Gasteiger partial charge in [-0.15, -0.1) is 0 Å². The summed E-state index contributed by atoms with van der Waals surface area (Å²) in [6.07, 6.45) is 12.2. The van der Waals surface area contributed by atoms with E-state index in [-0.39, 0.29) is 0 Å². The van der Waals surface area contributed by atoms with Gasteiger partial charge in [-0.05, 0) is 43.2 Å². The van der Waals surface area contributed by atoms with Crippen LogP contribution in [0.3, 0.4) is 0 Å². The summed E-state index contributed by atoms with van der Waals surface area (Å²) in [4.78, 5) is 24.7. The number of fused-ring (bicyclic) bond motifs is 1. The van der Waals surface area contributed by atoms with Crippen molar-refractivity contribution in [2.45, 2.75) is 64.2 Å². The Bertz CT molecular complexity index is 602. The predicted octanol–water partition coefficient (Wildman–Crippen LogP) is 5.16. The average molecular weight is 358 g/mol. The quantitative estimate of drug-likeness (QED) is 0.685. The van der Waals surface area contributed by atoms with Crippen LogP contribution in [-0.2, 0) is 9.47 Å². The van der Waals surface area contributed by atoms with Gasteiger partial charge in [0.15, 0.2) is 0 Å². The van der Waals surface area contributed by atoms with Crippen LogP contribution in [0.4, 0.5) is 0 Å². The molecule has 26 heavy (non-hydrogen) atoms. The summed E-state index contributed by atoms with van der Waals surface area (Å²) in [5.74, 6) is 0.240. The second kappa shape index (κ2) is 9.75. The second-order valence-corrected chi connectivity index (χ2v) is 7.74. The minimum absolute atomic E-state index is 0.302. The third-order valence-electron chi connectivity index (χ3n) is 5.70. The molecule has 1 fully saturated rings. The van der Waals surface area contributed by atoms with E-state index in [0.29, 0.717) is 30.3 Å². The van der Waals surface area contributed by atoms with E-state index in [1.165, 1.54) is 44.9 Å². The van der Waals surface area contributed by atoms with Crippen LogP contribution in [0, 0.1) is 11.8 Å². The molecule has 1 aromatic rings. The summed E-state index contributed by atoms with van der Waals surface area (Å²) in [6, 6.07) is 6.76. The maximum Gasteiger partial charge on any atom is 0.339 e. The summed E-state index contributed by atoms with van der Waals surface area (Å²) < 4.78 is 11.0. The fourth-order valence-electron chi connectivity index (χ4n) is 4.24. The molecule has 0 aromatic heterocycles. The molecule has 1 aliphatic heterocycles. The van der Waals surface area contributed by atoms with Crippen LogP contribution < -0.4 is 0 Å². The van der Waals surface area contributed by atoms with Crippen LogP contribution >= 0.6 is 0 Å². The summed E-state index contributed by atoms with van der Waals surface area (Å²) in [5.41, 5.74) is 0.611. The zero-order valence-electron chi connectivity index (χ0n) is 15.6. The van der Waals surface area contributed by atoms with Crippen LogP contribution in [0.5, 0.6) is 0 Å². The van der Waals surface area contributed by atoms with Gasteiger partial charge in [-0.25, -0.2) is 9.59 Å². The van der Waals surface area contributed by atoms with E-state index in [1.807, 2.05) is 0 Å². The molecule has 4 nitrogen and oxygen atoms in total. The summed E-state index contributed by atoms with van der Waals surface area (Å²) in [7, 11) is 0. The second-order valence-electron chi connectivity index (χ2n) is 7.74. The minimum Gasteiger partial charge on any atom is -0.462 e. The number of benzene rings is 1. The molecule has 2 aliphatic rings. The zero-order valence-corrected chi connectivity index (χ0v) is 15.6. The fourth-order valence-corrected chi connectivity index (χ4v) is 4.24. The summed E-state index contributed by atoms with van der Waals surface area (Å²) in [5, 5.41) is 0. The monoisotopic (exact) mass is 358 g/mol. The fraction of sp³-hybridized carbons (Fsp3) is 0.636. The zero-order chi connectivity index (χ0) is 18.2. The number of esters is 2. The van der Waals surface area contributed by atoms with E-state index in [1.54, 1.807) is 24.3 Å². The van der Waals surface area contributed by atoms with Crippen molar-refractivity contribution in [3.8, 4) is 0 Å². The SMILES string of the molecule is O=C1OCCCC(CC2CCCCCCC2)COC(=O)c2ccccc21. The van der Waals surface area contributed by atoms with E-state index < -0.39 is 11.9 Å². The smallest absolute Gasteiger partial charge is 0.339 e. The van der Waals surface area contributed by atoms with Crippen molar-refractivity contribution in [2.24, 2.45) is 11.8 Å². The Kier molecular flexibility index (Phi) is 7.10. The number of cyclic esters (lactones) is 2. The standard InChI is InChI=1S/C22H30O4/c23-21-19-12-6-7-13-20(19)22(24)26-16-18(11-8-14-25-21)15-17-9-4-2-1-3-5-10-17/h6-7,12-13,17-18H,1-5,8-11,14-16H2. The third-order valence-corrected chi connectivity index (χ3v) is 5.70. The lowest BCUT2D eigenvalue weighted by molar-refractivity contribution is 0.0405. The lowest BCUT2D eigenvalue weighted by atomic mass is 9.83. The van der Waals surface area contributed by atoms with Crippen molar-refractivity contribution in [3.05, 3.63) is 35.4 Å². The van der Waals surface area contributed by atoms with Crippen LogP contribution in [0.2, 0.25) is 0 Å². The first kappa shape index (κ1) is 18.9. The topological polar surface area (TPSA) is 52.6 Å². The molecule has 1 aromatic carbocycles. The molecule has 0 bridgehead atoms. The van der Waals surface area contributed by atoms with Gasteiger partial charge in [-0.3, -0.25) is 0 Å². The first-order valence-corrected chi connectivity index (χ1v) is 10.2. The molecule has 1 aliphatic carbocycles. The van der Waals surface area contributed by atoms with Crippen LogP contribution in [0.25, 0.3) is 0 Å². The van der Waals surface area contributed by atoms with Gasteiger partial charge in [0, 0.05) is 0 Å². The van der Waals surface area contributed by atoms with Gasteiger partial charge in [0.05, 0.1) is 24.3 Å². The van der Waals surface area contributed by atoms with Crippen LogP contribution in [0.1, 0.15) is 84.9 Å². The number of carbonyl (C=O) groups excluding carboxylic acids is 2.